The molecule has 1 aromatic heterocycles. The molecule has 2 aromatic carbocycles. The van der Waals surface area contributed by atoms with Gasteiger partial charge in [0, 0.05) is 6.07 Å². The number of hydrogen-bond acceptors (Lipinski definition) is 6. The van der Waals surface area contributed by atoms with Gasteiger partial charge < -0.3 is 23.7 Å². The third kappa shape index (κ3) is 4.03. The number of rotatable bonds is 7. The van der Waals surface area contributed by atoms with E-state index in [1.807, 2.05) is 0 Å². The maximum absolute atomic E-state index is 13.0. The van der Waals surface area contributed by atoms with Crippen molar-refractivity contribution in [1.82, 2.24) is 0 Å². The molecule has 0 aliphatic heterocycles. The van der Waals surface area contributed by atoms with Crippen molar-refractivity contribution < 1.29 is 28.5 Å². The van der Waals surface area contributed by atoms with Crippen LogP contribution in [0.4, 0.5) is 0 Å². The summed E-state index contributed by atoms with van der Waals surface area (Å²) >= 11 is 0. The van der Waals surface area contributed by atoms with Gasteiger partial charge >= 0.3 is 5.97 Å². The van der Waals surface area contributed by atoms with Crippen molar-refractivity contribution >= 4 is 16.9 Å². The summed E-state index contributed by atoms with van der Waals surface area (Å²) in [6.07, 6.45) is 1.39. The molecule has 1 heterocycles. The monoisotopic (exact) mass is 398 g/mol. The first-order valence-electron chi connectivity index (χ1n) is 8.91. The summed E-state index contributed by atoms with van der Waals surface area (Å²) in [7, 11) is 3.07. The Kier molecular flexibility index (Phi) is 5.50. The van der Waals surface area contributed by atoms with Gasteiger partial charge in [-0.15, -0.1) is 0 Å². The first-order valence-corrected chi connectivity index (χ1v) is 8.91. The SMILES string of the molecule is COc1ccc(-c2coc3cc(OCC(C)(C)C(=O)O)ccc3c2=O)cc1OC. The van der Waals surface area contributed by atoms with Crippen molar-refractivity contribution in [2.45, 2.75) is 13.8 Å². The number of ether oxygens (including phenoxy) is 3. The fraction of sp³-hybridized carbons (Fsp3) is 0.273. The third-order valence-electron chi connectivity index (χ3n) is 4.62. The molecule has 0 atom stereocenters. The van der Waals surface area contributed by atoms with Crippen LogP contribution in [0.1, 0.15) is 13.8 Å². The molecule has 0 unspecified atom stereocenters. The van der Waals surface area contributed by atoms with E-state index < -0.39 is 11.4 Å². The lowest BCUT2D eigenvalue weighted by atomic mass is 9.95. The largest absolute Gasteiger partial charge is 0.493 e. The zero-order valence-electron chi connectivity index (χ0n) is 16.6. The highest BCUT2D eigenvalue weighted by Gasteiger charge is 2.28. The lowest BCUT2D eigenvalue weighted by molar-refractivity contribution is -0.148. The van der Waals surface area contributed by atoms with Gasteiger partial charge in [-0.05, 0) is 43.7 Å². The Labute approximate surface area is 167 Å². The van der Waals surface area contributed by atoms with Crippen molar-refractivity contribution in [3.63, 3.8) is 0 Å². The van der Waals surface area contributed by atoms with Gasteiger partial charge in [-0.1, -0.05) is 6.07 Å². The number of fused-ring (bicyclic) bond motifs is 1. The van der Waals surface area contributed by atoms with Crippen molar-refractivity contribution in [3.05, 3.63) is 52.9 Å². The van der Waals surface area contributed by atoms with Crippen molar-refractivity contribution in [2.75, 3.05) is 20.8 Å². The Bertz CT molecular complexity index is 1110. The van der Waals surface area contributed by atoms with Gasteiger partial charge in [0.05, 0.1) is 30.6 Å². The second-order valence-electron chi connectivity index (χ2n) is 7.18. The van der Waals surface area contributed by atoms with Crippen LogP contribution in [0, 0.1) is 5.41 Å². The lowest BCUT2D eigenvalue weighted by Crippen LogP contribution is -2.30. The summed E-state index contributed by atoms with van der Waals surface area (Å²) in [5.41, 5.74) is 0.147. The van der Waals surface area contributed by atoms with E-state index in [0.717, 1.165) is 0 Å². The average Bonchev–Trinajstić information content (AvgIpc) is 2.72. The Morgan fingerprint density at radius 3 is 2.45 bits per heavy atom. The highest BCUT2D eigenvalue weighted by Crippen LogP contribution is 2.32. The summed E-state index contributed by atoms with van der Waals surface area (Å²) in [6.45, 7) is 3.14. The minimum Gasteiger partial charge on any atom is -0.493 e. The second-order valence-corrected chi connectivity index (χ2v) is 7.18. The van der Waals surface area contributed by atoms with E-state index >= 15 is 0 Å². The molecule has 29 heavy (non-hydrogen) atoms. The minimum absolute atomic E-state index is 0.0121. The van der Waals surface area contributed by atoms with Gasteiger partial charge in [-0.3, -0.25) is 9.59 Å². The molecule has 3 rings (SSSR count). The Morgan fingerprint density at radius 2 is 1.79 bits per heavy atom. The van der Waals surface area contributed by atoms with Crippen LogP contribution in [0.15, 0.2) is 51.9 Å². The summed E-state index contributed by atoms with van der Waals surface area (Å²) in [5.74, 6) is 0.542. The van der Waals surface area contributed by atoms with Gasteiger partial charge in [-0.25, -0.2) is 0 Å². The molecule has 7 heteroatoms. The lowest BCUT2D eigenvalue weighted by Gasteiger charge is -2.19. The molecule has 152 valence electrons. The predicted octanol–water partition coefficient (Wildman–Crippen LogP) is 3.97. The van der Waals surface area contributed by atoms with Gasteiger partial charge in [0.15, 0.2) is 16.9 Å². The first-order chi connectivity index (χ1) is 13.8. The summed E-state index contributed by atoms with van der Waals surface area (Å²) < 4.78 is 21.8. The van der Waals surface area contributed by atoms with Crippen molar-refractivity contribution in [2.24, 2.45) is 5.41 Å². The van der Waals surface area contributed by atoms with Gasteiger partial charge in [-0.2, -0.15) is 0 Å². The third-order valence-corrected chi connectivity index (χ3v) is 4.62. The molecule has 0 fully saturated rings. The number of carboxylic acids is 1. The summed E-state index contributed by atoms with van der Waals surface area (Å²) in [5, 5.41) is 9.57. The quantitative estimate of drug-likeness (QED) is 0.643. The number of carboxylic acid groups (broad SMARTS) is 1. The highest BCUT2D eigenvalue weighted by atomic mass is 16.5. The Morgan fingerprint density at radius 1 is 1.07 bits per heavy atom. The number of carbonyl (C=O) groups is 1. The van der Waals surface area contributed by atoms with E-state index in [0.29, 0.717) is 39.3 Å². The van der Waals surface area contributed by atoms with E-state index in [1.54, 1.807) is 57.4 Å². The van der Waals surface area contributed by atoms with Gasteiger partial charge in [0.2, 0.25) is 0 Å². The van der Waals surface area contributed by atoms with Crippen LogP contribution in [0.5, 0.6) is 17.2 Å². The van der Waals surface area contributed by atoms with Crippen molar-refractivity contribution in [1.29, 1.82) is 0 Å². The zero-order valence-corrected chi connectivity index (χ0v) is 16.6. The Balaban J connectivity index is 1.95. The van der Waals surface area contributed by atoms with Crippen LogP contribution in [0.25, 0.3) is 22.1 Å². The van der Waals surface area contributed by atoms with Gasteiger partial charge in [0.25, 0.3) is 0 Å². The van der Waals surface area contributed by atoms with E-state index in [1.165, 1.54) is 13.4 Å². The van der Waals surface area contributed by atoms with Crippen LogP contribution in [-0.2, 0) is 4.79 Å². The zero-order chi connectivity index (χ0) is 21.2. The minimum atomic E-state index is -1.03. The topological polar surface area (TPSA) is 95.2 Å². The maximum Gasteiger partial charge on any atom is 0.312 e. The van der Waals surface area contributed by atoms with Crippen LogP contribution < -0.4 is 19.6 Å². The predicted molar refractivity (Wildman–Crippen MR) is 108 cm³/mol. The normalized spacial score (nSPS) is 11.3. The molecule has 3 aromatic rings. The molecule has 0 bridgehead atoms. The standard InChI is InChI=1S/C22H22O7/c1-22(2,21(24)25)12-29-14-6-7-15-18(10-14)28-11-16(20(15)23)13-5-8-17(26-3)19(9-13)27-4/h5-11H,12H2,1-4H3,(H,24,25). The van der Waals surface area contributed by atoms with E-state index in [-0.39, 0.29) is 12.0 Å². The van der Waals surface area contributed by atoms with E-state index in [2.05, 4.69) is 0 Å². The summed E-state index contributed by atoms with van der Waals surface area (Å²) in [6, 6.07) is 9.99. The molecule has 0 saturated carbocycles. The molecular weight excluding hydrogens is 376 g/mol. The second kappa shape index (κ2) is 7.87. The molecule has 0 saturated heterocycles. The molecule has 0 aliphatic carbocycles. The molecule has 7 nitrogen and oxygen atoms in total. The number of aliphatic carboxylic acids is 1. The first kappa shape index (κ1) is 20.3. The van der Waals surface area contributed by atoms with Crippen molar-refractivity contribution in [3.8, 4) is 28.4 Å². The fourth-order valence-corrected chi connectivity index (χ4v) is 2.73. The molecule has 0 amide bonds. The molecule has 0 aliphatic rings. The smallest absolute Gasteiger partial charge is 0.312 e. The van der Waals surface area contributed by atoms with E-state index in [9.17, 15) is 14.7 Å². The molecule has 0 radical (unpaired) electrons. The molecule has 0 spiro atoms. The Hall–Kier alpha value is -3.48. The van der Waals surface area contributed by atoms with E-state index in [4.69, 9.17) is 18.6 Å². The summed E-state index contributed by atoms with van der Waals surface area (Å²) in [4.78, 5) is 24.2. The van der Waals surface area contributed by atoms with Crippen LogP contribution in [0.2, 0.25) is 0 Å². The molecule has 1 N–H and O–H groups in total. The molecular formula is C22H22O7. The van der Waals surface area contributed by atoms with Crippen LogP contribution >= 0.6 is 0 Å². The average molecular weight is 398 g/mol. The fourth-order valence-electron chi connectivity index (χ4n) is 2.73. The number of methoxy groups -OCH3 is 2. The van der Waals surface area contributed by atoms with Crippen LogP contribution in [-0.4, -0.2) is 31.9 Å². The van der Waals surface area contributed by atoms with Gasteiger partial charge in [0.1, 0.15) is 24.2 Å². The van der Waals surface area contributed by atoms with Crippen LogP contribution in [0.3, 0.4) is 0 Å². The highest BCUT2D eigenvalue weighted by molar-refractivity contribution is 5.83. The number of benzene rings is 2. The number of hydrogen-bond donors (Lipinski definition) is 1. The maximum atomic E-state index is 13.0.